The normalized spacial score (nSPS) is 11.5. The molecule has 0 aliphatic rings. The standard InChI is InChI=1S/C16H20N8S/c1-8-24(9-2)15-19-10(16(3,4)5)13(25-15)22-23-14-20-11(17-6)12(18-7)21-14/h8-9H2,1-5H3,(H,20,21). The van der Waals surface area contributed by atoms with Crippen molar-refractivity contribution in [2.75, 3.05) is 18.0 Å². The number of H-pyrrole nitrogens is 1. The first-order chi connectivity index (χ1) is 11.8. The first kappa shape index (κ1) is 18.6. The maximum atomic E-state index is 7.03. The van der Waals surface area contributed by atoms with E-state index in [-0.39, 0.29) is 23.0 Å². The third-order valence-corrected chi connectivity index (χ3v) is 4.45. The van der Waals surface area contributed by atoms with E-state index in [1.54, 1.807) is 0 Å². The maximum absolute atomic E-state index is 7.03. The highest BCUT2D eigenvalue weighted by molar-refractivity contribution is 7.19. The minimum atomic E-state index is -0.178. The van der Waals surface area contributed by atoms with Gasteiger partial charge in [0.05, 0.1) is 5.69 Å². The molecule has 8 nitrogen and oxygen atoms in total. The molecule has 0 atom stereocenters. The number of imidazole rings is 1. The Labute approximate surface area is 151 Å². The van der Waals surface area contributed by atoms with Crippen molar-refractivity contribution in [2.45, 2.75) is 40.0 Å². The number of hydrogen-bond acceptors (Lipinski definition) is 6. The molecule has 0 bridgehead atoms. The summed E-state index contributed by atoms with van der Waals surface area (Å²) in [5.41, 5.74) is 0.688. The van der Waals surface area contributed by atoms with Crippen LogP contribution in [0.1, 0.15) is 40.3 Å². The zero-order chi connectivity index (χ0) is 18.6. The zero-order valence-electron chi connectivity index (χ0n) is 15.0. The van der Waals surface area contributed by atoms with Crippen molar-refractivity contribution in [3.05, 3.63) is 28.5 Å². The summed E-state index contributed by atoms with van der Waals surface area (Å²) >= 11 is 1.48. The van der Waals surface area contributed by atoms with E-state index in [1.807, 2.05) is 0 Å². The van der Waals surface area contributed by atoms with Gasteiger partial charge in [0.25, 0.3) is 11.6 Å². The van der Waals surface area contributed by atoms with Crippen molar-refractivity contribution < 1.29 is 0 Å². The fourth-order valence-corrected chi connectivity index (χ4v) is 3.35. The van der Waals surface area contributed by atoms with Crippen molar-refractivity contribution >= 4 is 39.1 Å². The Morgan fingerprint density at radius 2 is 1.80 bits per heavy atom. The highest BCUT2D eigenvalue weighted by atomic mass is 32.1. The second-order valence-electron chi connectivity index (χ2n) is 6.23. The van der Waals surface area contributed by atoms with Gasteiger partial charge in [-0.05, 0) is 13.8 Å². The van der Waals surface area contributed by atoms with Gasteiger partial charge >= 0.3 is 5.95 Å². The molecule has 0 radical (unpaired) electrons. The third kappa shape index (κ3) is 4.01. The van der Waals surface area contributed by atoms with Crippen LogP contribution in [0.25, 0.3) is 9.69 Å². The Bertz CT molecular complexity index is 821. The molecule has 0 aliphatic carbocycles. The molecule has 0 spiro atoms. The van der Waals surface area contributed by atoms with Gasteiger partial charge < -0.3 is 14.6 Å². The number of hydrogen-bond donors (Lipinski definition) is 1. The van der Waals surface area contributed by atoms with Gasteiger partial charge in [0.1, 0.15) is 0 Å². The number of aromatic amines is 1. The molecule has 0 aromatic carbocycles. The van der Waals surface area contributed by atoms with Gasteiger partial charge in [-0.25, -0.2) is 4.98 Å². The fraction of sp³-hybridized carbons (Fsp3) is 0.500. The van der Waals surface area contributed by atoms with Crippen LogP contribution in [0.4, 0.5) is 27.7 Å². The first-order valence-electron chi connectivity index (χ1n) is 7.86. The molecule has 2 rings (SSSR count). The number of aromatic nitrogens is 3. The lowest BCUT2D eigenvalue weighted by molar-refractivity contribution is 0.573. The molecule has 0 saturated heterocycles. The van der Waals surface area contributed by atoms with Crippen molar-refractivity contribution in [1.82, 2.24) is 15.0 Å². The highest BCUT2D eigenvalue weighted by Gasteiger charge is 2.25. The summed E-state index contributed by atoms with van der Waals surface area (Å²) < 4.78 is 0. The summed E-state index contributed by atoms with van der Waals surface area (Å²) in [5.74, 6) is 0.232. The smallest absolute Gasteiger partial charge is 0.373 e. The minimum Gasteiger partial charge on any atom is -0.373 e. The molecular formula is C16H20N8S. The van der Waals surface area contributed by atoms with Gasteiger partial charge in [0.2, 0.25) is 0 Å². The van der Waals surface area contributed by atoms with E-state index in [2.05, 4.69) is 69.4 Å². The number of thiazole rings is 1. The molecule has 2 heterocycles. The lowest BCUT2D eigenvalue weighted by Crippen LogP contribution is -2.22. The quantitative estimate of drug-likeness (QED) is 0.565. The van der Waals surface area contributed by atoms with Crippen molar-refractivity contribution in [3.8, 4) is 0 Å². The average molecular weight is 356 g/mol. The van der Waals surface area contributed by atoms with Crippen LogP contribution in [0.15, 0.2) is 10.2 Å². The predicted octanol–water partition coefficient (Wildman–Crippen LogP) is 5.53. The Morgan fingerprint density at radius 3 is 2.28 bits per heavy atom. The Morgan fingerprint density at radius 1 is 1.12 bits per heavy atom. The molecule has 25 heavy (non-hydrogen) atoms. The second kappa shape index (κ2) is 7.41. The highest BCUT2D eigenvalue weighted by Crippen LogP contribution is 2.40. The predicted molar refractivity (Wildman–Crippen MR) is 99.7 cm³/mol. The lowest BCUT2D eigenvalue weighted by atomic mass is 9.93. The Hall–Kier alpha value is -2.78. The van der Waals surface area contributed by atoms with Crippen molar-refractivity contribution in [3.63, 3.8) is 0 Å². The number of anilines is 1. The van der Waals surface area contributed by atoms with E-state index in [4.69, 9.17) is 18.1 Å². The monoisotopic (exact) mass is 356 g/mol. The fourth-order valence-electron chi connectivity index (χ4n) is 2.13. The molecule has 1 N–H and O–H groups in total. The second-order valence-corrected chi connectivity index (χ2v) is 7.18. The topological polar surface area (TPSA) is 78.2 Å². The summed E-state index contributed by atoms with van der Waals surface area (Å²) in [7, 11) is 0. The Balaban J connectivity index is 2.43. The van der Waals surface area contributed by atoms with Gasteiger partial charge in [-0.1, -0.05) is 55.4 Å². The number of rotatable bonds is 5. The molecule has 0 saturated carbocycles. The molecule has 130 valence electrons. The largest absolute Gasteiger partial charge is 0.414 e. The molecule has 0 amide bonds. The van der Waals surface area contributed by atoms with Gasteiger partial charge in [-0.15, -0.1) is 5.11 Å². The van der Waals surface area contributed by atoms with Crippen LogP contribution >= 0.6 is 11.3 Å². The SMILES string of the molecule is [C-]#[N+]c1nc(N=Nc2sc(N(CC)CC)nc2C(C)(C)C)[nH]c1[N+]#[C-]. The van der Waals surface area contributed by atoms with Crippen LogP contribution in [0.2, 0.25) is 0 Å². The van der Waals surface area contributed by atoms with Crippen LogP contribution in [-0.4, -0.2) is 28.0 Å². The number of nitrogens with zero attached hydrogens (tertiary/aromatic N) is 7. The molecule has 9 heteroatoms. The maximum Gasteiger partial charge on any atom is 0.414 e. The van der Waals surface area contributed by atoms with E-state index >= 15 is 0 Å². The Kier molecular flexibility index (Phi) is 5.50. The molecule has 2 aromatic rings. The van der Waals surface area contributed by atoms with E-state index < -0.39 is 0 Å². The van der Waals surface area contributed by atoms with Gasteiger partial charge in [-0.3, -0.25) is 4.98 Å². The minimum absolute atomic E-state index is 0.00753. The summed E-state index contributed by atoms with van der Waals surface area (Å²) in [4.78, 5) is 20.0. The van der Waals surface area contributed by atoms with Gasteiger partial charge in [0, 0.05) is 18.5 Å². The number of azo groups is 1. The van der Waals surface area contributed by atoms with E-state index in [1.165, 1.54) is 11.3 Å². The zero-order valence-corrected chi connectivity index (χ0v) is 15.8. The van der Waals surface area contributed by atoms with E-state index in [9.17, 15) is 0 Å². The molecule has 2 aromatic heterocycles. The van der Waals surface area contributed by atoms with Crippen LogP contribution in [-0.2, 0) is 5.41 Å². The van der Waals surface area contributed by atoms with Crippen LogP contribution in [0.5, 0.6) is 0 Å². The average Bonchev–Trinajstić information content (AvgIpc) is 3.17. The van der Waals surface area contributed by atoms with E-state index in [0.717, 1.165) is 23.9 Å². The van der Waals surface area contributed by atoms with Crippen molar-refractivity contribution in [2.24, 2.45) is 10.2 Å². The van der Waals surface area contributed by atoms with Crippen LogP contribution < -0.4 is 4.90 Å². The summed E-state index contributed by atoms with van der Waals surface area (Å²) in [6, 6.07) is 0. The summed E-state index contributed by atoms with van der Waals surface area (Å²) in [5, 5.41) is 9.99. The van der Waals surface area contributed by atoms with Crippen molar-refractivity contribution in [1.29, 1.82) is 0 Å². The summed E-state index contributed by atoms with van der Waals surface area (Å²) in [6.45, 7) is 26.2. The molecule has 0 aliphatic heterocycles. The third-order valence-electron chi connectivity index (χ3n) is 3.45. The molecule has 0 fully saturated rings. The van der Waals surface area contributed by atoms with Crippen LogP contribution in [0, 0.1) is 13.1 Å². The lowest BCUT2D eigenvalue weighted by Gasteiger charge is -2.18. The van der Waals surface area contributed by atoms with Crippen LogP contribution in [0.3, 0.4) is 0 Å². The first-order valence-corrected chi connectivity index (χ1v) is 8.68. The van der Waals surface area contributed by atoms with E-state index in [0.29, 0.717) is 5.00 Å². The van der Waals surface area contributed by atoms with Gasteiger partial charge in [-0.2, -0.15) is 0 Å². The van der Waals surface area contributed by atoms with Gasteiger partial charge in [0.15, 0.2) is 10.1 Å². The summed E-state index contributed by atoms with van der Waals surface area (Å²) in [6.07, 6.45) is 0. The molecule has 0 unspecified atom stereocenters. The molecular weight excluding hydrogens is 336 g/mol. The number of nitrogens with one attached hydrogen (secondary N) is 1.